The number of nitrogens with two attached hydrogens (primary N) is 1. The SMILES string of the molecule is COCc1nn2c(C(=O)NC3CCCCC3)ccnc2c1C(N)=O. The molecular weight excluding hydrogens is 310 g/mol. The van der Waals surface area contributed by atoms with E-state index >= 15 is 0 Å². The molecule has 0 radical (unpaired) electrons. The molecule has 1 aliphatic carbocycles. The molecule has 3 rings (SSSR count). The topological polar surface area (TPSA) is 112 Å². The van der Waals surface area contributed by atoms with E-state index in [0.717, 1.165) is 25.7 Å². The number of nitrogens with zero attached hydrogens (tertiary/aromatic N) is 3. The fraction of sp³-hybridized carbons (Fsp3) is 0.500. The number of carbonyl (C=O) groups excluding carboxylic acids is 2. The van der Waals surface area contributed by atoms with Gasteiger partial charge in [-0.2, -0.15) is 5.10 Å². The Morgan fingerprint density at radius 1 is 1.38 bits per heavy atom. The first-order valence-electron chi connectivity index (χ1n) is 8.08. The number of amides is 2. The lowest BCUT2D eigenvalue weighted by molar-refractivity contribution is 0.0918. The van der Waals surface area contributed by atoms with Gasteiger partial charge in [0.1, 0.15) is 17.0 Å². The second kappa shape index (κ2) is 6.96. The van der Waals surface area contributed by atoms with Crippen molar-refractivity contribution in [1.82, 2.24) is 19.9 Å². The van der Waals surface area contributed by atoms with Gasteiger partial charge in [0.15, 0.2) is 5.65 Å². The Labute approximate surface area is 139 Å². The van der Waals surface area contributed by atoms with Crippen LogP contribution in [0.15, 0.2) is 12.3 Å². The summed E-state index contributed by atoms with van der Waals surface area (Å²) >= 11 is 0. The maximum atomic E-state index is 12.6. The van der Waals surface area contributed by atoms with E-state index in [0.29, 0.717) is 11.4 Å². The van der Waals surface area contributed by atoms with Crippen molar-refractivity contribution in [3.05, 3.63) is 29.2 Å². The highest BCUT2D eigenvalue weighted by molar-refractivity contribution is 6.01. The number of rotatable bonds is 5. The maximum Gasteiger partial charge on any atom is 0.270 e. The monoisotopic (exact) mass is 331 g/mol. The minimum Gasteiger partial charge on any atom is -0.378 e. The van der Waals surface area contributed by atoms with E-state index in [-0.39, 0.29) is 29.8 Å². The summed E-state index contributed by atoms with van der Waals surface area (Å²) in [5.74, 6) is -0.869. The number of hydrogen-bond acceptors (Lipinski definition) is 5. The van der Waals surface area contributed by atoms with Crippen molar-refractivity contribution in [2.24, 2.45) is 5.73 Å². The van der Waals surface area contributed by atoms with Crippen LogP contribution in [0.4, 0.5) is 0 Å². The van der Waals surface area contributed by atoms with Gasteiger partial charge in [-0.1, -0.05) is 19.3 Å². The highest BCUT2D eigenvalue weighted by Crippen LogP contribution is 2.19. The van der Waals surface area contributed by atoms with Gasteiger partial charge in [-0.3, -0.25) is 9.59 Å². The Kier molecular flexibility index (Phi) is 4.75. The fourth-order valence-corrected chi connectivity index (χ4v) is 3.16. The Morgan fingerprint density at radius 3 is 2.79 bits per heavy atom. The molecule has 0 saturated heterocycles. The minimum absolute atomic E-state index is 0.116. The molecule has 3 N–H and O–H groups in total. The Balaban J connectivity index is 1.97. The molecule has 2 aromatic heterocycles. The molecule has 1 saturated carbocycles. The van der Waals surface area contributed by atoms with Crippen molar-refractivity contribution in [3.8, 4) is 0 Å². The third kappa shape index (κ3) is 3.09. The summed E-state index contributed by atoms with van der Waals surface area (Å²) in [6.07, 6.45) is 6.93. The second-order valence-electron chi connectivity index (χ2n) is 5.99. The predicted octanol–water partition coefficient (Wildman–Crippen LogP) is 1.04. The molecule has 0 bridgehead atoms. The number of methoxy groups -OCH3 is 1. The molecule has 0 atom stereocenters. The molecule has 2 aromatic rings. The van der Waals surface area contributed by atoms with Crippen LogP contribution in [0.5, 0.6) is 0 Å². The summed E-state index contributed by atoms with van der Waals surface area (Å²) in [5, 5.41) is 7.35. The van der Waals surface area contributed by atoms with Crippen molar-refractivity contribution in [2.45, 2.75) is 44.8 Å². The van der Waals surface area contributed by atoms with Crippen molar-refractivity contribution in [2.75, 3.05) is 7.11 Å². The van der Waals surface area contributed by atoms with Gasteiger partial charge in [0.05, 0.1) is 6.61 Å². The summed E-state index contributed by atoms with van der Waals surface area (Å²) in [6.45, 7) is 0.116. The average molecular weight is 331 g/mol. The van der Waals surface area contributed by atoms with Crippen LogP contribution in [0.25, 0.3) is 5.65 Å². The lowest BCUT2D eigenvalue weighted by Crippen LogP contribution is -2.37. The second-order valence-corrected chi connectivity index (χ2v) is 5.99. The highest BCUT2D eigenvalue weighted by Gasteiger charge is 2.23. The summed E-state index contributed by atoms with van der Waals surface area (Å²) < 4.78 is 6.43. The Hall–Kier alpha value is -2.48. The summed E-state index contributed by atoms with van der Waals surface area (Å²) in [4.78, 5) is 28.5. The molecule has 0 aromatic carbocycles. The molecule has 1 fully saturated rings. The van der Waals surface area contributed by atoms with Gasteiger partial charge in [0.25, 0.3) is 11.8 Å². The first-order valence-corrected chi connectivity index (χ1v) is 8.08. The van der Waals surface area contributed by atoms with Gasteiger partial charge in [-0.05, 0) is 18.9 Å². The molecular formula is C16H21N5O3. The Morgan fingerprint density at radius 2 is 2.12 bits per heavy atom. The Bertz CT molecular complexity index is 764. The van der Waals surface area contributed by atoms with E-state index in [1.807, 2.05) is 0 Å². The molecule has 0 aliphatic heterocycles. The van der Waals surface area contributed by atoms with E-state index in [2.05, 4.69) is 15.4 Å². The van der Waals surface area contributed by atoms with Crippen molar-refractivity contribution >= 4 is 17.5 Å². The lowest BCUT2D eigenvalue weighted by Gasteiger charge is -2.22. The predicted molar refractivity (Wildman–Crippen MR) is 86.6 cm³/mol. The number of carbonyl (C=O) groups is 2. The van der Waals surface area contributed by atoms with Crippen molar-refractivity contribution in [3.63, 3.8) is 0 Å². The minimum atomic E-state index is -0.644. The van der Waals surface area contributed by atoms with Crippen LogP contribution < -0.4 is 11.1 Å². The number of ether oxygens (including phenoxy) is 1. The summed E-state index contributed by atoms with van der Waals surface area (Å²) in [6, 6.07) is 1.76. The van der Waals surface area contributed by atoms with E-state index in [9.17, 15) is 9.59 Å². The first kappa shape index (κ1) is 16.4. The third-order valence-electron chi connectivity index (χ3n) is 4.29. The van der Waals surface area contributed by atoms with Gasteiger partial charge in [-0.25, -0.2) is 9.50 Å². The average Bonchev–Trinajstić information content (AvgIpc) is 2.94. The van der Waals surface area contributed by atoms with Gasteiger partial charge < -0.3 is 15.8 Å². The van der Waals surface area contributed by atoms with Gasteiger partial charge in [-0.15, -0.1) is 0 Å². The van der Waals surface area contributed by atoms with Crippen molar-refractivity contribution in [1.29, 1.82) is 0 Å². The van der Waals surface area contributed by atoms with Gasteiger partial charge >= 0.3 is 0 Å². The van der Waals surface area contributed by atoms with Gasteiger partial charge in [0.2, 0.25) is 0 Å². The van der Waals surface area contributed by atoms with Crippen LogP contribution in [-0.2, 0) is 11.3 Å². The van der Waals surface area contributed by atoms with E-state index in [1.165, 1.54) is 24.2 Å². The fourth-order valence-electron chi connectivity index (χ4n) is 3.16. The molecule has 0 spiro atoms. The number of hydrogen-bond donors (Lipinski definition) is 2. The third-order valence-corrected chi connectivity index (χ3v) is 4.29. The number of aromatic nitrogens is 3. The first-order chi connectivity index (χ1) is 11.6. The van der Waals surface area contributed by atoms with Gasteiger partial charge in [0, 0.05) is 19.3 Å². The standard InChI is InChI=1S/C16H21N5O3/c1-24-9-11-13(14(17)22)15-18-8-7-12(21(15)20-11)16(23)19-10-5-3-2-4-6-10/h7-8,10H,2-6,9H2,1H3,(H2,17,22)(H,19,23). The number of fused-ring (bicyclic) bond motifs is 1. The van der Waals surface area contributed by atoms with Crippen LogP contribution in [0.1, 0.15) is 58.6 Å². The zero-order valence-electron chi connectivity index (χ0n) is 13.6. The molecule has 8 nitrogen and oxygen atoms in total. The van der Waals surface area contributed by atoms with Crippen LogP contribution in [-0.4, -0.2) is 39.6 Å². The summed E-state index contributed by atoms with van der Waals surface area (Å²) in [7, 11) is 1.50. The smallest absolute Gasteiger partial charge is 0.270 e. The van der Waals surface area contributed by atoms with Crippen LogP contribution in [0.3, 0.4) is 0 Å². The molecule has 24 heavy (non-hydrogen) atoms. The van der Waals surface area contributed by atoms with Crippen LogP contribution in [0, 0.1) is 0 Å². The summed E-state index contributed by atoms with van der Waals surface area (Å²) in [5.41, 5.74) is 6.60. The number of primary amides is 1. The van der Waals surface area contributed by atoms with E-state index in [4.69, 9.17) is 10.5 Å². The highest BCUT2D eigenvalue weighted by atomic mass is 16.5. The quantitative estimate of drug-likeness (QED) is 0.850. The molecule has 2 heterocycles. The largest absolute Gasteiger partial charge is 0.378 e. The molecule has 2 amide bonds. The lowest BCUT2D eigenvalue weighted by atomic mass is 9.95. The van der Waals surface area contributed by atoms with E-state index in [1.54, 1.807) is 6.07 Å². The normalized spacial score (nSPS) is 15.5. The molecule has 128 valence electrons. The molecule has 0 unspecified atom stereocenters. The zero-order valence-corrected chi connectivity index (χ0v) is 13.6. The molecule has 1 aliphatic rings. The molecule has 8 heteroatoms. The zero-order chi connectivity index (χ0) is 17.1. The van der Waals surface area contributed by atoms with Crippen LogP contribution in [0.2, 0.25) is 0 Å². The van der Waals surface area contributed by atoms with Crippen molar-refractivity contribution < 1.29 is 14.3 Å². The van der Waals surface area contributed by atoms with Crippen LogP contribution >= 0.6 is 0 Å². The number of nitrogens with one attached hydrogen (secondary N) is 1. The maximum absolute atomic E-state index is 12.6. The van der Waals surface area contributed by atoms with E-state index < -0.39 is 5.91 Å².